The predicted octanol–water partition coefficient (Wildman–Crippen LogP) is 2.73. The Kier molecular flexibility index (Phi) is 14.0. The molecule has 0 aromatic heterocycles. The van der Waals surface area contributed by atoms with Crippen molar-refractivity contribution in [3.8, 4) is 17.2 Å². The van der Waals surface area contributed by atoms with Crippen molar-refractivity contribution in [3.05, 3.63) is 17.7 Å². The molecule has 1 aromatic carbocycles. The number of ether oxygens (including phenoxy) is 4. The fourth-order valence-corrected chi connectivity index (χ4v) is 2.52. The van der Waals surface area contributed by atoms with Crippen molar-refractivity contribution >= 4 is 35.9 Å². The maximum atomic E-state index is 11.1. The molecule has 0 aliphatic carbocycles. The van der Waals surface area contributed by atoms with E-state index in [-0.39, 0.29) is 29.9 Å². The molecule has 9 heteroatoms. The smallest absolute Gasteiger partial charge is 0.305 e. The summed E-state index contributed by atoms with van der Waals surface area (Å²) in [5.41, 5.74) is 0.977. The minimum atomic E-state index is -0.161. The van der Waals surface area contributed by atoms with E-state index in [1.807, 2.05) is 12.1 Å². The Morgan fingerprint density at radius 3 is 2.11 bits per heavy atom. The topological polar surface area (TPSA) is 90.4 Å². The molecular weight excluding hydrogens is 477 g/mol. The van der Waals surface area contributed by atoms with Gasteiger partial charge in [0.15, 0.2) is 17.5 Å². The molecule has 0 bridgehead atoms. The number of methoxy groups -OCH3 is 4. The van der Waals surface area contributed by atoms with Crippen LogP contribution in [0.1, 0.15) is 31.2 Å². The maximum Gasteiger partial charge on any atom is 0.305 e. The molecule has 0 amide bonds. The first kappa shape index (κ1) is 26.1. The first-order valence-corrected chi connectivity index (χ1v) is 8.89. The summed E-state index contributed by atoms with van der Waals surface area (Å²) in [6.07, 6.45) is 3.18. The summed E-state index contributed by atoms with van der Waals surface area (Å²) in [6.45, 7) is 1.33. The van der Waals surface area contributed by atoms with Crippen LogP contribution in [0.2, 0.25) is 0 Å². The maximum absolute atomic E-state index is 11.1. The molecular formula is C19H32IN3O5. The molecule has 0 atom stereocenters. The number of hydrogen-bond acceptors (Lipinski definition) is 6. The van der Waals surface area contributed by atoms with Gasteiger partial charge >= 0.3 is 5.97 Å². The Labute approximate surface area is 184 Å². The standard InChI is InChI=1S/C19H31N3O5.HI/c1-20-19(21-10-8-6-7-9-17(23)26-4)22-13-14-11-15(24-2)18(27-5)16(12-14)25-3;/h11-12H,6-10,13H2,1-5H3,(H2,20,21,22);1H. The fraction of sp³-hybridized carbons (Fsp3) is 0.579. The zero-order chi connectivity index (χ0) is 20.1. The highest BCUT2D eigenvalue weighted by Crippen LogP contribution is 2.38. The van der Waals surface area contributed by atoms with Crippen molar-refractivity contribution in [1.82, 2.24) is 10.6 Å². The molecule has 0 radical (unpaired) electrons. The zero-order valence-electron chi connectivity index (χ0n) is 17.3. The molecule has 28 heavy (non-hydrogen) atoms. The zero-order valence-corrected chi connectivity index (χ0v) is 19.6. The lowest BCUT2D eigenvalue weighted by molar-refractivity contribution is -0.140. The number of guanidine groups is 1. The molecule has 0 saturated heterocycles. The summed E-state index contributed by atoms with van der Waals surface area (Å²) in [6, 6.07) is 3.79. The number of nitrogens with zero attached hydrogens (tertiary/aromatic N) is 1. The molecule has 0 saturated carbocycles. The van der Waals surface area contributed by atoms with Crippen molar-refractivity contribution in [2.45, 2.75) is 32.2 Å². The van der Waals surface area contributed by atoms with Crippen molar-refractivity contribution in [2.75, 3.05) is 42.0 Å². The summed E-state index contributed by atoms with van der Waals surface area (Å²) in [4.78, 5) is 15.3. The number of unbranched alkanes of at least 4 members (excludes halogenated alkanes) is 2. The van der Waals surface area contributed by atoms with Crippen LogP contribution in [0, 0.1) is 0 Å². The third-order valence-corrected chi connectivity index (χ3v) is 3.99. The Morgan fingerprint density at radius 1 is 0.964 bits per heavy atom. The average Bonchev–Trinajstić information content (AvgIpc) is 2.71. The van der Waals surface area contributed by atoms with Crippen LogP contribution < -0.4 is 24.8 Å². The Bertz CT molecular complexity index is 601. The van der Waals surface area contributed by atoms with Crippen LogP contribution in [0.4, 0.5) is 0 Å². The minimum absolute atomic E-state index is 0. The van der Waals surface area contributed by atoms with E-state index in [2.05, 4.69) is 20.4 Å². The highest BCUT2D eigenvalue weighted by molar-refractivity contribution is 14.0. The first-order valence-electron chi connectivity index (χ1n) is 8.89. The molecule has 0 aliphatic heterocycles. The molecule has 0 fully saturated rings. The van der Waals surface area contributed by atoms with Gasteiger partial charge in [0.1, 0.15) is 0 Å². The molecule has 0 aliphatic rings. The third-order valence-electron chi connectivity index (χ3n) is 3.99. The number of esters is 1. The van der Waals surface area contributed by atoms with Gasteiger partial charge in [-0.25, -0.2) is 0 Å². The van der Waals surface area contributed by atoms with E-state index in [1.54, 1.807) is 28.4 Å². The van der Waals surface area contributed by atoms with Gasteiger partial charge < -0.3 is 29.6 Å². The molecule has 1 rings (SSSR count). The summed E-state index contributed by atoms with van der Waals surface area (Å²) in [5.74, 6) is 2.34. The van der Waals surface area contributed by atoms with E-state index in [0.29, 0.717) is 36.2 Å². The van der Waals surface area contributed by atoms with Crippen LogP contribution in [-0.2, 0) is 16.1 Å². The molecule has 2 N–H and O–H groups in total. The number of benzene rings is 1. The second-order valence-electron chi connectivity index (χ2n) is 5.77. The summed E-state index contributed by atoms with van der Waals surface area (Å²) < 4.78 is 20.7. The molecule has 0 spiro atoms. The van der Waals surface area contributed by atoms with Crippen LogP contribution in [0.3, 0.4) is 0 Å². The van der Waals surface area contributed by atoms with E-state index >= 15 is 0 Å². The minimum Gasteiger partial charge on any atom is -0.493 e. The number of carbonyl (C=O) groups excluding carboxylic acids is 1. The van der Waals surface area contributed by atoms with Gasteiger partial charge in [-0.2, -0.15) is 0 Å². The average molecular weight is 509 g/mol. The lowest BCUT2D eigenvalue weighted by Crippen LogP contribution is -2.37. The van der Waals surface area contributed by atoms with E-state index in [4.69, 9.17) is 14.2 Å². The summed E-state index contributed by atoms with van der Waals surface area (Å²) in [5, 5.41) is 6.51. The van der Waals surface area contributed by atoms with Gasteiger partial charge in [0.2, 0.25) is 5.75 Å². The molecule has 0 unspecified atom stereocenters. The fourth-order valence-electron chi connectivity index (χ4n) is 2.52. The van der Waals surface area contributed by atoms with Crippen LogP contribution in [0.15, 0.2) is 17.1 Å². The van der Waals surface area contributed by atoms with Crippen LogP contribution >= 0.6 is 24.0 Å². The lowest BCUT2D eigenvalue weighted by Gasteiger charge is -2.16. The molecule has 160 valence electrons. The predicted molar refractivity (Wildman–Crippen MR) is 120 cm³/mol. The number of halogens is 1. The van der Waals surface area contributed by atoms with Crippen LogP contribution in [-0.4, -0.2) is 54.0 Å². The number of carbonyl (C=O) groups is 1. The number of nitrogens with one attached hydrogen (secondary N) is 2. The van der Waals surface area contributed by atoms with Crippen LogP contribution in [0.5, 0.6) is 17.2 Å². The molecule has 1 aromatic rings. The van der Waals surface area contributed by atoms with Crippen molar-refractivity contribution in [2.24, 2.45) is 4.99 Å². The Balaban J connectivity index is 0.00000729. The highest BCUT2D eigenvalue weighted by atomic mass is 127. The number of hydrogen-bond donors (Lipinski definition) is 2. The first-order chi connectivity index (χ1) is 13.1. The Hall–Kier alpha value is -1.91. The van der Waals surface area contributed by atoms with Gasteiger partial charge in [0.25, 0.3) is 0 Å². The van der Waals surface area contributed by atoms with E-state index < -0.39 is 0 Å². The SMILES string of the molecule is CN=C(NCCCCCC(=O)OC)NCc1cc(OC)c(OC)c(OC)c1.I. The number of rotatable bonds is 11. The number of aliphatic imine (C=N–C) groups is 1. The molecule has 8 nitrogen and oxygen atoms in total. The van der Waals surface area contributed by atoms with Gasteiger partial charge in [-0.1, -0.05) is 6.42 Å². The van der Waals surface area contributed by atoms with Crippen molar-refractivity contribution in [1.29, 1.82) is 0 Å². The quantitative estimate of drug-likeness (QED) is 0.156. The van der Waals surface area contributed by atoms with E-state index in [1.165, 1.54) is 7.11 Å². The largest absolute Gasteiger partial charge is 0.493 e. The Morgan fingerprint density at radius 2 is 1.61 bits per heavy atom. The second kappa shape index (κ2) is 15.1. The second-order valence-corrected chi connectivity index (χ2v) is 5.77. The van der Waals surface area contributed by atoms with Gasteiger partial charge in [-0.05, 0) is 30.5 Å². The van der Waals surface area contributed by atoms with Crippen molar-refractivity contribution in [3.63, 3.8) is 0 Å². The summed E-state index contributed by atoms with van der Waals surface area (Å²) >= 11 is 0. The molecule has 0 heterocycles. The normalized spacial score (nSPS) is 10.5. The van der Waals surface area contributed by atoms with E-state index in [0.717, 1.165) is 31.4 Å². The van der Waals surface area contributed by atoms with Gasteiger partial charge in [-0.15, -0.1) is 24.0 Å². The summed E-state index contributed by atoms with van der Waals surface area (Å²) in [7, 11) is 7.90. The lowest BCUT2D eigenvalue weighted by atomic mass is 10.2. The highest BCUT2D eigenvalue weighted by Gasteiger charge is 2.13. The van der Waals surface area contributed by atoms with Gasteiger partial charge in [-0.3, -0.25) is 9.79 Å². The van der Waals surface area contributed by atoms with Gasteiger partial charge in [0.05, 0.1) is 28.4 Å². The monoisotopic (exact) mass is 509 g/mol. The van der Waals surface area contributed by atoms with Crippen LogP contribution in [0.25, 0.3) is 0 Å². The van der Waals surface area contributed by atoms with Gasteiger partial charge in [0, 0.05) is 26.6 Å². The van der Waals surface area contributed by atoms with E-state index in [9.17, 15) is 4.79 Å². The van der Waals surface area contributed by atoms with Crippen molar-refractivity contribution < 1.29 is 23.7 Å². The third kappa shape index (κ3) is 8.85.